The van der Waals surface area contributed by atoms with E-state index < -0.39 is 5.41 Å². The summed E-state index contributed by atoms with van der Waals surface area (Å²) in [5.41, 5.74) is -0.619. The van der Waals surface area contributed by atoms with Crippen molar-refractivity contribution in [1.82, 2.24) is 14.9 Å². The number of hydrazine groups is 1. The molecular formula is C17H27N3O4. The van der Waals surface area contributed by atoms with Crippen molar-refractivity contribution in [2.24, 2.45) is 5.41 Å². The molecule has 134 valence electrons. The van der Waals surface area contributed by atoms with Crippen LogP contribution in [0.15, 0.2) is 0 Å². The number of hydrogen-bond donors (Lipinski definition) is 0. The van der Waals surface area contributed by atoms with E-state index in [2.05, 4.69) is 0 Å². The Morgan fingerprint density at radius 2 is 1.67 bits per heavy atom. The molecule has 0 unspecified atom stereocenters. The zero-order chi connectivity index (χ0) is 17.2. The molecule has 7 nitrogen and oxygen atoms in total. The monoisotopic (exact) mass is 337 g/mol. The van der Waals surface area contributed by atoms with Gasteiger partial charge in [-0.3, -0.25) is 9.59 Å². The number of carbonyl (C=O) groups excluding carboxylic acids is 3. The Labute approximate surface area is 142 Å². The molecule has 0 aromatic heterocycles. The van der Waals surface area contributed by atoms with Crippen molar-refractivity contribution >= 4 is 17.9 Å². The molecule has 0 N–H and O–H groups in total. The minimum Gasteiger partial charge on any atom is -0.450 e. The Morgan fingerprint density at radius 1 is 1.04 bits per heavy atom. The second kappa shape index (κ2) is 7.09. The zero-order valence-electron chi connectivity index (χ0n) is 14.5. The first-order valence-corrected chi connectivity index (χ1v) is 9.11. The van der Waals surface area contributed by atoms with E-state index in [-0.39, 0.29) is 24.3 Å². The maximum Gasteiger partial charge on any atom is 0.409 e. The highest BCUT2D eigenvalue weighted by atomic mass is 16.6. The van der Waals surface area contributed by atoms with Crippen LogP contribution in [0.25, 0.3) is 0 Å². The number of likely N-dealkylation sites (tertiary alicyclic amines) is 1. The number of hydrogen-bond acceptors (Lipinski definition) is 5. The minimum absolute atomic E-state index is 0.0575. The van der Waals surface area contributed by atoms with Crippen molar-refractivity contribution in [3.05, 3.63) is 0 Å². The standard InChI is InChI=1S/C17H27N3O4/c1-2-24-16(23)18-11-7-17(8-12-18)13-14(21)20(15(17)22)19-9-5-3-4-6-10-19/h2-13H2,1H3. The van der Waals surface area contributed by atoms with Gasteiger partial charge in [0.05, 0.1) is 12.0 Å². The van der Waals surface area contributed by atoms with Gasteiger partial charge in [0.1, 0.15) is 0 Å². The van der Waals surface area contributed by atoms with E-state index in [1.807, 2.05) is 5.01 Å². The van der Waals surface area contributed by atoms with Crippen LogP contribution >= 0.6 is 0 Å². The number of piperidine rings is 1. The van der Waals surface area contributed by atoms with Crippen molar-refractivity contribution in [3.63, 3.8) is 0 Å². The third-order valence-electron chi connectivity index (χ3n) is 5.48. The molecule has 7 heteroatoms. The lowest BCUT2D eigenvalue weighted by molar-refractivity contribution is -0.161. The van der Waals surface area contributed by atoms with Gasteiger partial charge in [-0.1, -0.05) is 12.8 Å². The lowest BCUT2D eigenvalue weighted by atomic mass is 9.77. The number of nitrogens with zero attached hydrogens (tertiary/aromatic N) is 3. The van der Waals surface area contributed by atoms with Crippen molar-refractivity contribution in [2.75, 3.05) is 32.8 Å². The Bertz CT molecular complexity index is 506. The van der Waals surface area contributed by atoms with E-state index in [9.17, 15) is 14.4 Å². The van der Waals surface area contributed by atoms with Crippen LogP contribution in [0.2, 0.25) is 0 Å². The largest absolute Gasteiger partial charge is 0.450 e. The van der Waals surface area contributed by atoms with Crippen molar-refractivity contribution in [3.8, 4) is 0 Å². The molecule has 0 aliphatic carbocycles. The quantitative estimate of drug-likeness (QED) is 0.718. The van der Waals surface area contributed by atoms with Crippen molar-refractivity contribution < 1.29 is 19.1 Å². The highest BCUT2D eigenvalue weighted by Gasteiger charge is 2.54. The molecule has 0 aromatic carbocycles. The first kappa shape index (κ1) is 17.2. The molecule has 1 spiro atoms. The Hall–Kier alpha value is -1.63. The first-order valence-electron chi connectivity index (χ1n) is 9.11. The van der Waals surface area contributed by atoms with Crippen LogP contribution in [0.3, 0.4) is 0 Å². The number of ether oxygens (including phenoxy) is 1. The third-order valence-corrected chi connectivity index (χ3v) is 5.48. The molecule has 3 heterocycles. The summed E-state index contributed by atoms with van der Waals surface area (Å²) in [6.07, 6.45) is 5.41. The Morgan fingerprint density at radius 3 is 2.25 bits per heavy atom. The average Bonchev–Trinajstić information content (AvgIpc) is 2.77. The molecule has 3 aliphatic heterocycles. The fourth-order valence-corrected chi connectivity index (χ4v) is 4.04. The Kier molecular flexibility index (Phi) is 5.08. The SMILES string of the molecule is CCOC(=O)N1CCC2(CC1)CC(=O)N(N1CCCCCC1)C2=O. The molecule has 0 radical (unpaired) electrons. The lowest BCUT2D eigenvalue weighted by Gasteiger charge is -2.37. The fraction of sp³-hybridized carbons (Fsp3) is 0.824. The number of amides is 3. The van der Waals surface area contributed by atoms with Crippen LogP contribution in [-0.4, -0.2) is 65.6 Å². The van der Waals surface area contributed by atoms with Gasteiger partial charge in [0.2, 0.25) is 5.91 Å². The molecule has 24 heavy (non-hydrogen) atoms. The smallest absolute Gasteiger partial charge is 0.409 e. The second-order valence-electron chi connectivity index (χ2n) is 7.02. The first-order chi connectivity index (χ1) is 11.6. The summed E-state index contributed by atoms with van der Waals surface area (Å²) in [5, 5.41) is 3.37. The zero-order valence-corrected chi connectivity index (χ0v) is 14.5. The topological polar surface area (TPSA) is 70.2 Å². The van der Waals surface area contributed by atoms with Gasteiger partial charge >= 0.3 is 6.09 Å². The van der Waals surface area contributed by atoms with Crippen LogP contribution in [0.1, 0.15) is 51.9 Å². The molecule has 3 fully saturated rings. The fourth-order valence-electron chi connectivity index (χ4n) is 4.04. The lowest BCUT2D eigenvalue weighted by Crippen LogP contribution is -2.51. The molecule has 3 rings (SSSR count). The van der Waals surface area contributed by atoms with Gasteiger partial charge in [-0.25, -0.2) is 14.8 Å². The molecule has 0 bridgehead atoms. The predicted molar refractivity (Wildman–Crippen MR) is 86.8 cm³/mol. The highest BCUT2D eigenvalue weighted by Crippen LogP contribution is 2.43. The number of carbonyl (C=O) groups is 3. The molecule has 3 amide bonds. The molecule has 0 atom stereocenters. The van der Waals surface area contributed by atoms with Gasteiger partial charge < -0.3 is 9.64 Å². The summed E-state index contributed by atoms with van der Waals surface area (Å²) in [6.45, 7) is 4.64. The Balaban J connectivity index is 1.66. The predicted octanol–water partition coefficient (Wildman–Crippen LogP) is 1.77. The van der Waals surface area contributed by atoms with Gasteiger partial charge in [-0.2, -0.15) is 0 Å². The van der Waals surface area contributed by atoms with Crippen LogP contribution in [0.5, 0.6) is 0 Å². The van der Waals surface area contributed by atoms with E-state index in [1.165, 1.54) is 5.01 Å². The van der Waals surface area contributed by atoms with Gasteiger partial charge in [0.25, 0.3) is 5.91 Å². The highest BCUT2D eigenvalue weighted by molar-refractivity contribution is 6.05. The van der Waals surface area contributed by atoms with Gasteiger partial charge in [-0.05, 0) is 32.6 Å². The summed E-state index contributed by atoms with van der Waals surface area (Å²) in [4.78, 5) is 39.1. The van der Waals surface area contributed by atoms with E-state index >= 15 is 0 Å². The summed E-state index contributed by atoms with van der Waals surface area (Å²) in [7, 11) is 0. The number of imide groups is 1. The van der Waals surface area contributed by atoms with Crippen LogP contribution in [0, 0.1) is 5.41 Å². The van der Waals surface area contributed by atoms with Crippen LogP contribution < -0.4 is 0 Å². The van der Waals surface area contributed by atoms with E-state index in [0.29, 0.717) is 32.5 Å². The van der Waals surface area contributed by atoms with Gasteiger partial charge in [-0.15, -0.1) is 0 Å². The summed E-state index contributed by atoms with van der Waals surface area (Å²) >= 11 is 0. The average molecular weight is 337 g/mol. The van der Waals surface area contributed by atoms with Crippen LogP contribution in [0.4, 0.5) is 4.79 Å². The van der Waals surface area contributed by atoms with E-state index in [4.69, 9.17) is 4.74 Å². The summed E-state index contributed by atoms with van der Waals surface area (Å²) < 4.78 is 5.03. The van der Waals surface area contributed by atoms with Crippen molar-refractivity contribution in [1.29, 1.82) is 0 Å². The molecule has 0 saturated carbocycles. The second-order valence-corrected chi connectivity index (χ2v) is 7.02. The van der Waals surface area contributed by atoms with Crippen molar-refractivity contribution in [2.45, 2.75) is 51.9 Å². The van der Waals surface area contributed by atoms with Gasteiger partial charge in [0.15, 0.2) is 0 Å². The third kappa shape index (κ3) is 3.14. The number of rotatable bonds is 2. The molecule has 3 saturated heterocycles. The van der Waals surface area contributed by atoms with Crippen LogP contribution in [-0.2, 0) is 14.3 Å². The van der Waals surface area contributed by atoms with Gasteiger partial charge in [0, 0.05) is 32.6 Å². The normalized spacial score (nSPS) is 25.2. The van der Waals surface area contributed by atoms with E-state index in [1.54, 1.807) is 11.8 Å². The molecule has 0 aromatic rings. The molecular weight excluding hydrogens is 310 g/mol. The minimum atomic E-state index is -0.619. The van der Waals surface area contributed by atoms with E-state index in [0.717, 1.165) is 38.8 Å². The molecule has 3 aliphatic rings. The summed E-state index contributed by atoms with van der Waals surface area (Å²) in [5.74, 6) is -0.135. The summed E-state index contributed by atoms with van der Waals surface area (Å²) in [6, 6.07) is 0. The maximum atomic E-state index is 13.0. The maximum absolute atomic E-state index is 13.0.